The number of halogens is 2. The molecule has 0 saturated carbocycles. The molecule has 10 nitrogen and oxygen atoms in total. The first kappa shape index (κ1) is 30.6. The highest BCUT2D eigenvalue weighted by Crippen LogP contribution is 2.41. The summed E-state index contributed by atoms with van der Waals surface area (Å²) in [4.78, 5) is 38.6. The number of carbonyl (C=O) groups excluding carboxylic acids is 2. The number of carbonyl (C=O) groups is 2. The first-order valence-corrected chi connectivity index (χ1v) is 15.0. The molecule has 5 rings (SSSR count). The molecule has 226 valence electrons. The lowest BCUT2D eigenvalue weighted by Gasteiger charge is -2.31. The summed E-state index contributed by atoms with van der Waals surface area (Å²) < 4.78 is 20.9. The van der Waals surface area contributed by atoms with Gasteiger partial charge in [0, 0.05) is 34.1 Å². The molecule has 0 radical (unpaired) electrons. The second kappa shape index (κ2) is 12.8. The van der Waals surface area contributed by atoms with E-state index >= 15 is 0 Å². The van der Waals surface area contributed by atoms with Crippen LogP contribution in [0.1, 0.15) is 54.0 Å². The van der Waals surface area contributed by atoms with Crippen LogP contribution < -0.4 is 20.7 Å². The van der Waals surface area contributed by atoms with Gasteiger partial charge in [-0.1, -0.05) is 19.9 Å². The molecular weight excluding hydrogens is 617 g/mol. The van der Waals surface area contributed by atoms with Gasteiger partial charge in [-0.15, -0.1) is 0 Å². The van der Waals surface area contributed by atoms with Crippen molar-refractivity contribution in [3.05, 3.63) is 63.3 Å². The molecule has 4 heterocycles. The van der Waals surface area contributed by atoms with Crippen LogP contribution in [0, 0.1) is 17.1 Å². The SMILES string of the molecule is CC(C)Cc1nc(NC2CCN(C)CC2)c(C=N)c(-c2ccc3c(c2)OCC(=O)N3Cc2ncc(Br)cc2F)c1C(N)=O. The van der Waals surface area contributed by atoms with E-state index in [1.54, 1.807) is 18.2 Å². The topological polar surface area (TPSA) is 138 Å². The molecule has 43 heavy (non-hydrogen) atoms. The van der Waals surface area contributed by atoms with Gasteiger partial charge in [-0.3, -0.25) is 19.5 Å². The van der Waals surface area contributed by atoms with Crippen LogP contribution in [0.5, 0.6) is 5.75 Å². The maximum atomic E-state index is 14.6. The molecule has 0 atom stereocenters. The zero-order valence-corrected chi connectivity index (χ0v) is 26.0. The molecule has 2 amide bonds. The minimum atomic E-state index is -0.640. The first-order chi connectivity index (χ1) is 20.5. The van der Waals surface area contributed by atoms with Gasteiger partial charge >= 0.3 is 0 Å². The van der Waals surface area contributed by atoms with E-state index in [1.165, 1.54) is 23.4 Å². The predicted octanol–water partition coefficient (Wildman–Crippen LogP) is 4.77. The van der Waals surface area contributed by atoms with Crippen LogP contribution in [0.4, 0.5) is 15.9 Å². The third-order valence-electron chi connectivity index (χ3n) is 7.74. The molecule has 1 saturated heterocycles. The Labute approximate surface area is 258 Å². The van der Waals surface area contributed by atoms with Crippen LogP contribution in [0.2, 0.25) is 0 Å². The fourth-order valence-corrected chi connectivity index (χ4v) is 5.89. The Morgan fingerprint density at radius 1 is 1.28 bits per heavy atom. The van der Waals surface area contributed by atoms with E-state index in [2.05, 4.69) is 38.2 Å². The number of benzene rings is 1. The average molecular weight is 653 g/mol. The smallest absolute Gasteiger partial charge is 0.265 e. The lowest BCUT2D eigenvalue weighted by molar-refractivity contribution is -0.121. The van der Waals surface area contributed by atoms with Gasteiger partial charge in [-0.05, 0) is 85.0 Å². The summed E-state index contributed by atoms with van der Waals surface area (Å²) >= 11 is 3.21. The van der Waals surface area contributed by atoms with E-state index in [0.29, 0.717) is 50.5 Å². The standard InChI is InChI=1S/C31H35BrFN7O3/c1-17(2)10-23-29(30(35)42)28(21(13-34)31(38-23)37-20-6-8-39(3)9-7-20)18-4-5-25-26(11-18)43-16-27(41)40(25)15-24-22(33)12-19(32)14-36-24/h4-5,11-14,17,20,34H,6-10,15-16H2,1-3H3,(H2,35,42)(H,37,38). The number of fused-ring (bicyclic) bond motifs is 1. The summed E-state index contributed by atoms with van der Waals surface area (Å²) in [5.74, 6) is -0.401. The molecule has 1 fully saturated rings. The van der Waals surface area contributed by atoms with Gasteiger partial charge in [-0.2, -0.15) is 0 Å². The van der Waals surface area contributed by atoms with Gasteiger partial charge in [0.05, 0.1) is 29.2 Å². The Hall–Kier alpha value is -3.90. The van der Waals surface area contributed by atoms with Gasteiger partial charge in [0.25, 0.3) is 11.8 Å². The van der Waals surface area contributed by atoms with Crippen molar-refractivity contribution in [3.63, 3.8) is 0 Å². The molecule has 0 unspecified atom stereocenters. The average Bonchev–Trinajstić information content (AvgIpc) is 2.96. The highest BCUT2D eigenvalue weighted by molar-refractivity contribution is 9.10. The van der Waals surface area contributed by atoms with E-state index < -0.39 is 11.7 Å². The molecule has 1 aromatic carbocycles. The normalized spacial score (nSPS) is 15.8. The van der Waals surface area contributed by atoms with Crippen molar-refractivity contribution in [2.24, 2.45) is 11.7 Å². The first-order valence-electron chi connectivity index (χ1n) is 14.3. The number of nitrogens with zero attached hydrogens (tertiary/aromatic N) is 4. The molecule has 4 N–H and O–H groups in total. The Morgan fingerprint density at radius 2 is 2.02 bits per heavy atom. The molecule has 2 aliphatic rings. The Bertz CT molecular complexity index is 1570. The Balaban J connectivity index is 1.61. The van der Waals surface area contributed by atoms with Crippen molar-refractivity contribution in [1.29, 1.82) is 5.41 Å². The van der Waals surface area contributed by atoms with Crippen molar-refractivity contribution in [1.82, 2.24) is 14.9 Å². The Morgan fingerprint density at radius 3 is 2.67 bits per heavy atom. The number of hydrogen-bond donors (Lipinski definition) is 3. The largest absolute Gasteiger partial charge is 0.482 e. The summed E-state index contributed by atoms with van der Waals surface area (Å²) in [5, 5.41) is 11.9. The van der Waals surface area contributed by atoms with Crippen molar-refractivity contribution < 1.29 is 18.7 Å². The van der Waals surface area contributed by atoms with Gasteiger partial charge in [0.1, 0.15) is 17.4 Å². The third kappa shape index (κ3) is 6.54. The number of hydrogen-bond acceptors (Lipinski definition) is 8. The molecule has 0 aliphatic carbocycles. The number of pyridine rings is 2. The van der Waals surface area contributed by atoms with Crippen molar-refractivity contribution in [3.8, 4) is 16.9 Å². The molecule has 2 aliphatic heterocycles. The fraction of sp³-hybridized carbons (Fsp3) is 0.387. The van der Waals surface area contributed by atoms with Crippen LogP contribution in [-0.2, 0) is 17.8 Å². The van der Waals surface area contributed by atoms with Crippen LogP contribution >= 0.6 is 15.9 Å². The predicted molar refractivity (Wildman–Crippen MR) is 167 cm³/mol. The van der Waals surface area contributed by atoms with Crippen LogP contribution in [0.25, 0.3) is 11.1 Å². The second-order valence-electron chi connectivity index (χ2n) is 11.4. The zero-order chi connectivity index (χ0) is 30.8. The van der Waals surface area contributed by atoms with Gasteiger partial charge < -0.3 is 26.1 Å². The molecular formula is C31H35BrFN7O3. The Kier molecular flexibility index (Phi) is 9.07. The number of nitrogens with two attached hydrogens (primary N) is 1. The summed E-state index contributed by atoms with van der Waals surface area (Å²) in [6.45, 7) is 5.65. The van der Waals surface area contributed by atoms with Gasteiger partial charge in [0.2, 0.25) is 0 Å². The molecule has 0 bridgehead atoms. The lowest BCUT2D eigenvalue weighted by atomic mass is 9.90. The fourth-order valence-electron chi connectivity index (χ4n) is 5.59. The van der Waals surface area contributed by atoms with E-state index in [4.69, 9.17) is 20.9 Å². The maximum absolute atomic E-state index is 14.6. The monoisotopic (exact) mass is 651 g/mol. The van der Waals surface area contributed by atoms with Gasteiger partial charge in [0.15, 0.2) is 6.61 Å². The number of primary amides is 1. The quantitative estimate of drug-likeness (QED) is 0.283. The minimum absolute atomic E-state index is 0.0790. The number of anilines is 2. The maximum Gasteiger partial charge on any atom is 0.265 e. The van der Waals surface area contributed by atoms with Crippen molar-refractivity contribution in [2.45, 2.75) is 45.7 Å². The summed E-state index contributed by atoms with van der Waals surface area (Å²) in [5.41, 5.74) is 8.89. The van der Waals surface area contributed by atoms with Crippen molar-refractivity contribution in [2.75, 3.05) is 37.0 Å². The molecule has 2 aromatic heterocycles. The van der Waals surface area contributed by atoms with Crippen LogP contribution in [0.3, 0.4) is 0 Å². The zero-order valence-electron chi connectivity index (χ0n) is 24.4. The second-order valence-corrected chi connectivity index (χ2v) is 12.3. The van der Waals surface area contributed by atoms with E-state index in [9.17, 15) is 14.0 Å². The number of piperidine rings is 1. The molecule has 12 heteroatoms. The summed E-state index contributed by atoms with van der Waals surface area (Å²) in [6.07, 6.45) is 5.04. The highest BCUT2D eigenvalue weighted by Gasteiger charge is 2.30. The van der Waals surface area contributed by atoms with Crippen LogP contribution in [0.15, 0.2) is 34.9 Å². The summed E-state index contributed by atoms with van der Waals surface area (Å²) in [7, 11) is 2.09. The summed E-state index contributed by atoms with van der Waals surface area (Å²) in [6, 6.07) is 6.65. The van der Waals surface area contributed by atoms with Crippen molar-refractivity contribution >= 4 is 45.5 Å². The van der Waals surface area contributed by atoms with E-state index in [0.717, 1.165) is 25.9 Å². The number of aromatic nitrogens is 2. The van der Waals surface area contributed by atoms with E-state index in [-0.39, 0.29) is 42.3 Å². The molecule has 0 spiro atoms. The van der Waals surface area contributed by atoms with E-state index in [1.807, 2.05) is 13.8 Å². The highest BCUT2D eigenvalue weighted by atomic mass is 79.9. The third-order valence-corrected chi connectivity index (χ3v) is 8.18. The number of ether oxygens (including phenoxy) is 1. The number of likely N-dealkylation sites (tertiary alicyclic amines) is 1. The minimum Gasteiger partial charge on any atom is -0.482 e. The van der Waals surface area contributed by atoms with Crippen LogP contribution in [-0.4, -0.2) is 65.7 Å². The lowest BCUT2D eigenvalue weighted by Crippen LogP contribution is -2.38. The number of amides is 2. The van der Waals surface area contributed by atoms with Gasteiger partial charge in [-0.25, -0.2) is 9.37 Å². The number of rotatable bonds is 9. The molecule has 3 aromatic rings. The number of nitrogens with one attached hydrogen (secondary N) is 2.